The molecule has 3 aliphatic heterocycles. The fraction of sp³-hybridized carbons (Fsp3) is 0.421. The second-order valence-electron chi connectivity index (χ2n) is 6.88. The molecule has 3 fully saturated rings. The lowest BCUT2D eigenvalue weighted by atomic mass is 9.79. The summed E-state index contributed by atoms with van der Waals surface area (Å²) in [6, 6.07) is 8.83. The smallest absolute Gasteiger partial charge is 0.325 e. The molecule has 1 amide bonds. The number of carbonyl (C=O) groups is 1. The molecule has 1 N–H and O–H groups in total. The van der Waals surface area contributed by atoms with Crippen LogP contribution in [0.25, 0.3) is 11.1 Å². The second kappa shape index (κ2) is 6.06. The summed E-state index contributed by atoms with van der Waals surface area (Å²) in [7, 11) is 0. The summed E-state index contributed by atoms with van der Waals surface area (Å²) in [5, 5.41) is 3.18. The van der Waals surface area contributed by atoms with E-state index in [-0.39, 0.29) is 17.9 Å². The number of amides is 1. The Labute approximate surface area is 141 Å². The van der Waals surface area contributed by atoms with Crippen LogP contribution in [0.1, 0.15) is 19.8 Å². The molecule has 24 heavy (non-hydrogen) atoms. The monoisotopic (exact) mass is 327 g/mol. The third kappa shape index (κ3) is 2.63. The molecule has 0 saturated carbocycles. The average molecular weight is 327 g/mol. The van der Waals surface area contributed by atoms with Crippen LogP contribution in [0.15, 0.2) is 42.7 Å². The lowest BCUT2D eigenvalue weighted by Gasteiger charge is -2.49. The van der Waals surface area contributed by atoms with Gasteiger partial charge in [-0.25, -0.2) is 9.18 Å². The zero-order valence-corrected chi connectivity index (χ0v) is 13.8. The number of piperidine rings is 3. The minimum absolute atomic E-state index is 0.136. The summed E-state index contributed by atoms with van der Waals surface area (Å²) in [6.45, 7) is 4.47. The van der Waals surface area contributed by atoms with Gasteiger partial charge in [0.1, 0.15) is 5.82 Å². The SMILES string of the molecule is C[C@@H]1[C@H](NC(=O)n2ccc(-c3ccccc3F)c2)C2CCN1CC2. The number of hydrogen-bond donors (Lipinski definition) is 1. The van der Waals surface area contributed by atoms with Crippen LogP contribution in [0.5, 0.6) is 0 Å². The highest BCUT2D eigenvalue weighted by Gasteiger charge is 2.40. The lowest BCUT2D eigenvalue weighted by molar-refractivity contribution is 0.0267. The van der Waals surface area contributed by atoms with Gasteiger partial charge in [0, 0.05) is 35.6 Å². The molecule has 4 nitrogen and oxygen atoms in total. The van der Waals surface area contributed by atoms with Gasteiger partial charge in [-0.3, -0.25) is 9.47 Å². The fourth-order valence-corrected chi connectivity index (χ4v) is 4.14. The fourth-order valence-electron chi connectivity index (χ4n) is 4.14. The molecule has 3 aliphatic rings. The van der Waals surface area contributed by atoms with E-state index in [0.717, 1.165) is 25.9 Å². The first-order valence-electron chi connectivity index (χ1n) is 8.61. The molecular weight excluding hydrogens is 305 g/mol. The van der Waals surface area contributed by atoms with Gasteiger partial charge in [-0.2, -0.15) is 0 Å². The Hall–Kier alpha value is -2.14. The normalized spacial score (nSPS) is 28.8. The standard InChI is InChI=1S/C19H22FN3O/c1-13-18(14-6-9-22(13)10-7-14)21-19(24)23-11-8-15(12-23)16-4-2-3-5-17(16)20/h2-5,8,11-14,18H,6-7,9-10H2,1H3,(H,21,24)/t13-,18+/m1/s1. The molecule has 3 saturated heterocycles. The third-order valence-corrected chi connectivity index (χ3v) is 5.58. The van der Waals surface area contributed by atoms with Crippen molar-refractivity contribution < 1.29 is 9.18 Å². The first kappa shape index (κ1) is 15.4. The summed E-state index contributed by atoms with van der Waals surface area (Å²) >= 11 is 0. The zero-order chi connectivity index (χ0) is 16.7. The Bertz CT molecular complexity index is 747. The van der Waals surface area contributed by atoms with Crippen molar-refractivity contribution in [2.75, 3.05) is 13.1 Å². The molecule has 5 heteroatoms. The predicted octanol–water partition coefficient (Wildman–Crippen LogP) is 3.33. The molecule has 4 heterocycles. The largest absolute Gasteiger partial charge is 0.333 e. The van der Waals surface area contributed by atoms with E-state index < -0.39 is 0 Å². The maximum Gasteiger partial charge on any atom is 0.325 e. The minimum atomic E-state index is -0.276. The van der Waals surface area contributed by atoms with Crippen molar-refractivity contribution in [1.82, 2.24) is 14.8 Å². The molecule has 126 valence electrons. The van der Waals surface area contributed by atoms with Gasteiger partial charge in [0.05, 0.1) is 0 Å². The van der Waals surface area contributed by atoms with Crippen LogP contribution in [0.4, 0.5) is 9.18 Å². The molecule has 2 bridgehead atoms. The van der Waals surface area contributed by atoms with Gasteiger partial charge in [-0.05, 0) is 50.9 Å². The number of nitrogens with zero attached hydrogens (tertiary/aromatic N) is 2. The van der Waals surface area contributed by atoms with Gasteiger partial charge in [0.2, 0.25) is 0 Å². The van der Waals surface area contributed by atoms with E-state index in [4.69, 9.17) is 0 Å². The Kier molecular flexibility index (Phi) is 3.88. The molecule has 0 spiro atoms. The number of halogens is 1. The minimum Gasteiger partial charge on any atom is -0.333 e. The maximum absolute atomic E-state index is 13.9. The van der Waals surface area contributed by atoms with Crippen molar-refractivity contribution in [3.05, 3.63) is 48.5 Å². The van der Waals surface area contributed by atoms with Crippen LogP contribution in [-0.4, -0.2) is 40.7 Å². The quantitative estimate of drug-likeness (QED) is 0.918. The van der Waals surface area contributed by atoms with Gasteiger partial charge in [0.25, 0.3) is 0 Å². The van der Waals surface area contributed by atoms with Crippen molar-refractivity contribution >= 4 is 6.03 Å². The van der Waals surface area contributed by atoms with Crippen LogP contribution < -0.4 is 5.32 Å². The number of rotatable bonds is 2. The number of benzene rings is 1. The van der Waals surface area contributed by atoms with Gasteiger partial charge in [0.15, 0.2) is 0 Å². The number of aromatic nitrogens is 1. The zero-order valence-electron chi connectivity index (χ0n) is 13.8. The molecule has 0 radical (unpaired) electrons. The van der Waals surface area contributed by atoms with Crippen molar-refractivity contribution in [3.8, 4) is 11.1 Å². The average Bonchev–Trinajstić information content (AvgIpc) is 3.09. The number of carbonyl (C=O) groups excluding carboxylic acids is 1. The summed E-state index contributed by atoms with van der Waals surface area (Å²) in [6.07, 6.45) is 5.70. The first-order chi connectivity index (χ1) is 11.6. The molecule has 1 aromatic carbocycles. The highest BCUT2D eigenvalue weighted by atomic mass is 19.1. The molecule has 0 unspecified atom stereocenters. The predicted molar refractivity (Wildman–Crippen MR) is 91.3 cm³/mol. The highest BCUT2D eigenvalue weighted by Crippen LogP contribution is 2.32. The van der Waals surface area contributed by atoms with Crippen molar-refractivity contribution in [3.63, 3.8) is 0 Å². The van der Waals surface area contributed by atoms with E-state index in [9.17, 15) is 9.18 Å². The Morgan fingerprint density at radius 2 is 1.96 bits per heavy atom. The van der Waals surface area contributed by atoms with Gasteiger partial charge >= 0.3 is 6.03 Å². The Balaban J connectivity index is 1.51. The van der Waals surface area contributed by atoms with Gasteiger partial charge in [-0.1, -0.05) is 18.2 Å². The number of nitrogens with one attached hydrogen (secondary N) is 1. The molecule has 0 aliphatic carbocycles. The molecule has 5 rings (SSSR count). The van der Waals surface area contributed by atoms with Crippen LogP contribution >= 0.6 is 0 Å². The van der Waals surface area contributed by atoms with E-state index in [1.165, 1.54) is 10.6 Å². The van der Waals surface area contributed by atoms with Gasteiger partial charge in [-0.15, -0.1) is 0 Å². The van der Waals surface area contributed by atoms with Crippen molar-refractivity contribution in [2.45, 2.75) is 31.8 Å². The van der Waals surface area contributed by atoms with E-state index in [2.05, 4.69) is 17.1 Å². The second-order valence-corrected chi connectivity index (χ2v) is 6.88. The third-order valence-electron chi connectivity index (χ3n) is 5.58. The van der Waals surface area contributed by atoms with Crippen molar-refractivity contribution in [1.29, 1.82) is 0 Å². The molecule has 2 atom stereocenters. The van der Waals surface area contributed by atoms with Crippen LogP contribution in [0.3, 0.4) is 0 Å². The maximum atomic E-state index is 13.9. The van der Waals surface area contributed by atoms with Crippen LogP contribution in [0, 0.1) is 11.7 Å². The van der Waals surface area contributed by atoms with Crippen LogP contribution in [-0.2, 0) is 0 Å². The molecular formula is C19H22FN3O. The van der Waals surface area contributed by atoms with Gasteiger partial charge < -0.3 is 5.32 Å². The van der Waals surface area contributed by atoms with Crippen LogP contribution in [0.2, 0.25) is 0 Å². The Morgan fingerprint density at radius 3 is 2.67 bits per heavy atom. The topological polar surface area (TPSA) is 37.3 Å². The summed E-state index contributed by atoms with van der Waals surface area (Å²) in [5.74, 6) is 0.289. The summed E-state index contributed by atoms with van der Waals surface area (Å²) in [4.78, 5) is 15.1. The number of hydrogen-bond acceptors (Lipinski definition) is 2. The van der Waals surface area contributed by atoms with E-state index >= 15 is 0 Å². The van der Waals surface area contributed by atoms with E-state index in [1.54, 1.807) is 36.7 Å². The highest BCUT2D eigenvalue weighted by molar-refractivity contribution is 5.79. The number of fused-ring (bicyclic) bond motifs is 3. The lowest BCUT2D eigenvalue weighted by Crippen LogP contribution is -2.62. The molecule has 1 aromatic heterocycles. The van der Waals surface area contributed by atoms with E-state index in [1.807, 2.05) is 0 Å². The first-order valence-corrected chi connectivity index (χ1v) is 8.61. The van der Waals surface area contributed by atoms with Crippen molar-refractivity contribution in [2.24, 2.45) is 5.92 Å². The van der Waals surface area contributed by atoms with E-state index in [0.29, 0.717) is 23.1 Å². The summed E-state index contributed by atoms with van der Waals surface area (Å²) < 4.78 is 15.4. The summed E-state index contributed by atoms with van der Waals surface area (Å²) in [5.41, 5.74) is 1.23. The Morgan fingerprint density at radius 1 is 1.21 bits per heavy atom. The molecule has 2 aromatic rings.